The number of ketones is 1. The van der Waals surface area contributed by atoms with Gasteiger partial charge in [0.1, 0.15) is 0 Å². The third-order valence-corrected chi connectivity index (χ3v) is 4.11. The molecule has 0 spiro atoms. The van der Waals surface area contributed by atoms with E-state index in [9.17, 15) is 9.59 Å². The topological polar surface area (TPSA) is 55.4 Å². The van der Waals surface area contributed by atoms with Crippen LogP contribution in [0, 0.1) is 11.3 Å². The number of rotatable bonds is 5. The smallest absolute Gasteiger partial charge is 0.220 e. The van der Waals surface area contributed by atoms with Gasteiger partial charge in [-0.25, -0.2) is 0 Å². The van der Waals surface area contributed by atoms with Crippen LogP contribution in [0.2, 0.25) is 0 Å². The third kappa shape index (κ3) is 5.77. The second-order valence-electron chi connectivity index (χ2n) is 7.49. The zero-order chi connectivity index (χ0) is 16.2. The monoisotopic (exact) mass is 297 g/mol. The summed E-state index contributed by atoms with van der Waals surface area (Å²) < 4.78 is 5.70. The van der Waals surface area contributed by atoms with Crippen molar-refractivity contribution in [1.82, 2.24) is 5.32 Å². The van der Waals surface area contributed by atoms with E-state index >= 15 is 0 Å². The van der Waals surface area contributed by atoms with E-state index in [2.05, 4.69) is 19.2 Å². The van der Waals surface area contributed by atoms with Crippen LogP contribution in [0.3, 0.4) is 0 Å². The number of ether oxygens (including phenoxy) is 1. The molecule has 0 bridgehead atoms. The normalized spacial score (nSPS) is 28.0. The summed E-state index contributed by atoms with van der Waals surface area (Å²) >= 11 is 0. The van der Waals surface area contributed by atoms with Crippen molar-refractivity contribution in [3.05, 3.63) is 0 Å². The summed E-state index contributed by atoms with van der Waals surface area (Å²) in [5.41, 5.74) is -0.251. The van der Waals surface area contributed by atoms with E-state index in [1.165, 1.54) is 0 Å². The highest BCUT2D eigenvalue weighted by Gasteiger charge is 2.33. The van der Waals surface area contributed by atoms with Crippen molar-refractivity contribution in [2.24, 2.45) is 11.3 Å². The number of carbonyl (C=O) groups is 2. The summed E-state index contributed by atoms with van der Waals surface area (Å²) in [7, 11) is 0. The van der Waals surface area contributed by atoms with E-state index < -0.39 is 6.04 Å². The van der Waals surface area contributed by atoms with Gasteiger partial charge in [-0.3, -0.25) is 9.59 Å². The van der Waals surface area contributed by atoms with Gasteiger partial charge in [0, 0.05) is 12.8 Å². The standard InChI is InChI=1S/C17H31NO3/c1-7-14(19)16(17(4,5)6)18-15(20)10-13-8-11(2)21-12(3)9-13/h11-13,16H,7-10H2,1-6H3,(H,18,20). The Bertz CT molecular complexity index is 363. The van der Waals surface area contributed by atoms with Gasteiger partial charge in [0.25, 0.3) is 0 Å². The summed E-state index contributed by atoms with van der Waals surface area (Å²) in [5.74, 6) is 0.439. The number of amides is 1. The highest BCUT2D eigenvalue weighted by atomic mass is 16.5. The van der Waals surface area contributed by atoms with Crippen LogP contribution in [0.1, 0.15) is 67.2 Å². The Kier molecular flexibility index (Phi) is 6.39. The summed E-state index contributed by atoms with van der Waals surface area (Å²) in [6.07, 6.45) is 3.19. The first-order valence-electron chi connectivity index (χ1n) is 8.11. The number of Topliss-reactive ketones (excluding diaryl/α,β-unsaturated/α-hetero) is 1. The maximum atomic E-state index is 12.3. The Morgan fingerprint density at radius 3 is 2.14 bits per heavy atom. The Morgan fingerprint density at radius 1 is 1.19 bits per heavy atom. The molecule has 122 valence electrons. The molecule has 1 aliphatic rings. The predicted molar refractivity (Wildman–Crippen MR) is 84.0 cm³/mol. The molecule has 1 fully saturated rings. The van der Waals surface area contributed by atoms with Crippen LogP contribution >= 0.6 is 0 Å². The fourth-order valence-electron chi connectivity index (χ4n) is 3.18. The van der Waals surface area contributed by atoms with E-state index in [4.69, 9.17) is 4.74 Å². The van der Waals surface area contributed by atoms with Gasteiger partial charge in [0.15, 0.2) is 5.78 Å². The second-order valence-corrected chi connectivity index (χ2v) is 7.49. The molecule has 1 aliphatic heterocycles. The van der Waals surface area contributed by atoms with Crippen molar-refractivity contribution in [2.75, 3.05) is 0 Å². The highest BCUT2D eigenvalue weighted by molar-refractivity contribution is 5.89. The molecule has 0 aromatic carbocycles. The van der Waals surface area contributed by atoms with Crippen molar-refractivity contribution in [3.8, 4) is 0 Å². The second kappa shape index (κ2) is 7.39. The number of hydrogen-bond donors (Lipinski definition) is 1. The molecule has 1 rings (SSSR count). The molecular weight excluding hydrogens is 266 g/mol. The zero-order valence-corrected chi connectivity index (χ0v) is 14.4. The SMILES string of the molecule is CCC(=O)C(NC(=O)CC1CC(C)OC(C)C1)C(C)(C)C. The maximum absolute atomic E-state index is 12.3. The van der Waals surface area contributed by atoms with E-state index in [1.807, 2.05) is 27.7 Å². The molecule has 4 heteroatoms. The van der Waals surface area contributed by atoms with Crippen molar-refractivity contribution in [2.45, 2.75) is 85.5 Å². The average Bonchev–Trinajstić information content (AvgIpc) is 2.32. The first kappa shape index (κ1) is 18.1. The summed E-state index contributed by atoms with van der Waals surface area (Å²) in [4.78, 5) is 24.4. The highest BCUT2D eigenvalue weighted by Crippen LogP contribution is 2.28. The lowest BCUT2D eigenvalue weighted by molar-refractivity contribution is -0.131. The molecule has 0 aromatic heterocycles. The van der Waals surface area contributed by atoms with Gasteiger partial charge in [0.2, 0.25) is 5.91 Å². The van der Waals surface area contributed by atoms with Gasteiger partial charge >= 0.3 is 0 Å². The predicted octanol–water partition coefficient (Wildman–Crippen LogP) is 3.09. The van der Waals surface area contributed by atoms with Gasteiger partial charge in [-0.1, -0.05) is 27.7 Å². The van der Waals surface area contributed by atoms with E-state index in [1.54, 1.807) is 0 Å². The molecule has 4 nitrogen and oxygen atoms in total. The fraction of sp³-hybridized carbons (Fsp3) is 0.882. The minimum atomic E-state index is -0.398. The zero-order valence-electron chi connectivity index (χ0n) is 14.4. The Morgan fingerprint density at radius 2 is 1.71 bits per heavy atom. The molecule has 0 saturated carbocycles. The minimum Gasteiger partial charge on any atom is -0.376 e. The van der Waals surface area contributed by atoms with Crippen LogP contribution in [-0.4, -0.2) is 29.9 Å². The quantitative estimate of drug-likeness (QED) is 0.848. The molecule has 1 heterocycles. The first-order chi connectivity index (χ1) is 9.63. The molecule has 0 aromatic rings. The molecule has 0 radical (unpaired) electrons. The largest absolute Gasteiger partial charge is 0.376 e. The van der Waals surface area contributed by atoms with Crippen LogP contribution in [0.25, 0.3) is 0 Å². The summed E-state index contributed by atoms with van der Waals surface area (Å²) in [5, 5.41) is 2.96. The van der Waals surface area contributed by atoms with E-state index in [0.29, 0.717) is 18.8 Å². The fourth-order valence-corrected chi connectivity index (χ4v) is 3.18. The van der Waals surface area contributed by atoms with Gasteiger partial charge in [-0.15, -0.1) is 0 Å². The summed E-state index contributed by atoms with van der Waals surface area (Å²) in [6.45, 7) is 11.9. The molecule has 3 unspecified atom stereocenters. The molecular formula is C17H31NO3. The summed E-state index contributed by atoms with van der Waals surface area (Å²) in [6, 6.07) is -0.398. The Labute approximate surface area is 129 Å². The number of nitrogens with one attached hydrogen (secondary N) is 1. The molecule has 1 saturated heterocycles. The van der Waals surface area contributed by atoms with Crippen molar-refractivity contribution in [3.63, 3.8) is 0 Å². The van der Waals surface area contributed by atoms with Crippen molar-refractivity contribution < 1.29 is 14.3 Å². The Balaban J connectivity index is 2.60. The number of carbonyl (C=O) groups excluding carboxylic acids is 2. The van der Waals surface area contributed by atoms with Gasteiger partial charge in [0.05, 0.1) is 18.2 Å². The van der Waals surface area contributed by atoms with Crippen LogP contribution in [0.15, 0.2) is 0 Å². The van der Waals surface area contributed by atoms with Gasteiger partial charge in [-0.2, -0.15) is 0 Å². The lowest BCUT2D eigenvalue weighted by Gasteiger charge is -2.33. The van der Waals surface area contributed by atoms with Crippen LogP contribution in [0.5, 0.6) is 0 Å². The molecule has 21 heavy (non-hydrogen) atoms. The van der Waals surface area contributed by atoms with Crippen molar-refractivity contribution in [1.29, 1.82) is 0 Å². The molecule has 3 atom stereocenters. The third-order valence-electron chi connectivity index (χ3n) is 4.11. The van der Waals surface area contributed by atoms with Gasteiger partial charge in [-0.05, 0) is 38.0 Å². The molecule has 1 N–H and O–H groups in total. The Hall–Kier alpha value is -0.900. The molecule has 0 aliphatic carbocycles. The number of hydrogen-bond acceptors (Lipinski definition) is 3. The minimum absolute atomic E-state index is 0.0111. The lowest BCUT2D eigenvalue weighted by Crippen LogP contribution is -2.49. The maximum Gasteiger partial charge on any atom is 0.220 e. The van der Waals surface area contributed by atoms with Crippen LogP contribution in [-0.2, 0) is 14.3 Å². The van der Waals surface area contributed by atoms with Crippen LogP contribution < -0.4 is 5.32 Å². The average molecular weight is 297 g/mol. The van der Waals surface area contributed by atoms with Crippen LogP contribution in [0.4, 0.5) is 0 Å². The lowest BCUT2D eigenvalue weighted by atomic mass is 9.83. The van der Waals surface area contributed by atoms with Gasteiger partial charge < -0.3 is 10.1 Å². The first-order valence-corrected chi connectivity index (χ1v) is 8.11. The van der Waals surface area contributed by atoms with Crippen molar-refractivity contribution >= 4 is 11.7 Å². The molecule has 1 amide bonds. The van der Waals surface area contributed by atoms with E-state index in [0.717, 1.165) is 12.8 Å². The van der Waals surface area contributed by atoms with E-state index in [-0.39, 0.29) is 29.3 Å².